The normalized spacial score (nSPS) is 17.4. The maximum atomic E-state index is 15.0. The second kappa shape index (κ2) is 9.72. The summed E-state index contributed by atoms with van der Waals surface area (Å²) in [6.07, 6.45) is 7.84. The lowest BCUT2D eigenvalue weighted by molar-refractivity contribution is 0.0688. The lowest BCUT2D eigenvalue weighted by atomic mass is 10.1. The average Bonchev–Trinajstić information content (AvgIpc) is 2.83. The Bertz CT molecular complexity index is 1490. The fourth-order valence-corrected chi connectivity index (χ4v) is 4.03. The van der Waals surface area contributed by atoms with Gasteiger partial charge in [-0.15, -0.1) is 0 Å². The van der Waals surface area contributed by atoms with E-state index in [4.69, 9.17) is 16.3 Å². The molecule has 1 unspecified atom stereocenters. The Morgan fingerprint density at radius 3 is 2.51 bits per heavy atom. The summed E-state index contributed by atoms with van der Waals surface area (Å²) in [5, 5.41) is 12.8. The molecule has 1 aliphatic heterocycles. The van der Waals surface area contributed by atoms with Gasteiger partial charge in [0.05, 0.1) is 17.1 Å². The van der Waals surface area contributed by atoms with E-state index in [0.29, 0.717) is 22.8 Å². The Kier molecular flexibility index (Phi) is 6.96. The summed E-state index contributed by atoms with van der Waals surface area (Å²) >= 11 is 6.42. The Balaban J connectivity index is 1.72. The first-order valence-electron chi connectivity index (χ1n) is 11.7. The number of alkyl halides is 1. The van der Waals surface area contributed by atoms with Crippen molar-refractivity contribution in [3.8, 4) is 22.8 Å². The van der Waals surface area contributed by atoms with E-state index in [9.17, 15) is 14.3 Å². The molecule has 4 heterocycles. The molecule has 0 aromatic carbocycles. The van der Waals surface area contributed by atoms with Crippen LogP contribution in [0.25, 0.3) is 17.1 Å². The monoisotopic (exact) mass is 525 g/mol. The molecule has 0 saturated carbocycles. The second-order valence-corrected chi connectivity index (χ2v) is 10.1. The van der Waals surface area contributed by atoms with E-state index in [2.05, 4.69) is 20.3 Å². The number of halogens is 2. The van der Waals surface area contributed by atoms with Gasteiger partial charge in [-0.1, -0.05) is 17.7 Å². The lowest BCUT2D eigenvalue weighted by Crippen LogP contribution is -2.43. The van der Waals surface area contributed by atoms with Crippen LogP contribution in [0.2, 0.25) is 5.02 Å². The molecular formula is C27H29ClFN5O3. The minimum atomic E-state index is -1.92. The third-order valence-corrected chi connectivity index (χ3v) is 6.31. The number of dihydropyridines is 1. The molecule has 0 spiro atoms. The van der Waals surface area contributed by atoms with Crippen LogP contribution in [0.4, 0.5) is 4.39 Å². The van der Waals surface area contributed by atoms with Crippen LogP contribution in [-0.2, 0) is 5.60 Å². The highest BCUT2D eigenvalue weighted by atomic mass is 35.5. The molecule has 0 saturated heterocycles. The Hall–Kier alpha value is -3.56. The molecule has 0 bridgehead atoms. The zero-order chi connectivity index (χ0) is 27.1. The molecule has 3 aromatic heterocycles. The maximum absolute atomic E-state index is 15.0. The van der Waals surface area contributed by atoms with Crippen LogP contribution in [0.1, 0.15) is 43.4 Å². The van der Waals surface area contributed by atoms with Crippen LogP contribution in [0, 0.1) is 20.8 Å². The smallest absolute Gasteiger partial charge is 0.277 e. The van der Waals surface area contributed by atoms with Crippen molar-refractivity contribution >= 4 is 11.6 Å². The number of aryl methyl sites for hydroxylation is 3. The van der Waals surface area contributed by atoms with E-state index in [0.717, 1.165) is 16.7 Å². The summed E-state index contributed by atoms with van der Waals surface area (Å²) in [4.78, 5) is 26.6. The summed E-state index contributed by atoms with van der Waals surface area (Å²) in [6, 6.07) is 3.34. The van der Waals surface area contributed by atoms with Gasteiger partial charge in [-0.2, -0.15) is 0 Å². The van der Waals surface area contributed by atoms with E-state index in [1.165, 1.54) is 10.6 Å². The highest BCUT2D eigenvalue weighted by molar-refractivity contribution is 6.31. The molecule has 2 N–H and O–H groups in total. The molecule has 194 valence electrons. The van der Waals surface area contributed by atoms with Gasteiger partial charge in [0, 0.05) is 30.4 Å². The SMILES string of the molecule is CC1=CNC(F)(COc2cc(C)n(-c3cc(-c4nc(C(C)(C)O)ncc4C)ncc3C)c(=O)c2Cl)C=C1. The predicted molar refractivity (Wildman–Crippen MR) is 141 cm³/mol. The first-order valence-corrected chi connectivity index (χ1v) is 12.1. The number of rotatable bonds is 6. The van der Waals surface area contributed by atoms with Crippen molar-refractivity contribution in [2.45, 2.75) is 52.9 Å². The summed E-state index contributed by atoms with van der Waals surface area (Å²) in [5.41, 5.74) is 2.77. The van der Waals surface area contributed by atoms with Crippen LogP contribution >= 0.6 is 11.6 Å². The van der Waals surface area contributed by atoms with Gasteiger partial charge in [-0.3, -0.25) is 14.3 Å². The van der Waals surface area contributed by atoms with E-state index in [-0.39, 0.29) is 23.2 Å². The molecule has 10 heteroatoms. The third kappa shape index (κ3) is 5.42. The Morgan fingerprint density at radius 1 is 1.16 bits per heavy atom. The van der Waals surface area contributed by atoms with Crippen molar-refractivity contribution in [2.75, 3.05) is 6.61 Å². The molecule has 0 radical (unpaired) electrons. The molecule has 0 aliphatic carbocycles. The molecule has 0 amide bonds. The summed E-state index contributed by atoms with van der Waals surface area (Å²) < 4.78 is 22.1. The van der Waals surface area contributed by atoms with Gasteiger partial charge in [0.1, 0.15) is 23.0 Å². The minimum absolute atomic E-state index is 0.0901. The zero-order valence-electron chi connectivity index (χ0n) is 21.6. The molecule has 1 aliphatic rings. The standard InChI is InChI=1S/C27H29ClFN5O3/c1-15-7-8-27(29,32-11-15)14-37-21-9-18(4)34(24(35)22(21)28)20-10-19(30-12-16(20)2)23-17(3)13-31-25(33-23)26(5,6)36/h7-13,32,36H,14H2,1-6H3. The van der Waals surface area contributed by atoms with Gasteiger partial charge in [0.15, 0.2) is 5.82 Å². The fourth-order valence-electron chi connectivity index (χ4n) is 3.83. The zero-order valence-corrected chi connectivity index (χ0v) is 22.3. The average molecular weight is 526 g/mol. The van der Waals surface area contributed by atoms with Crippen LogP contribution in [-0.4, -0.2) is 37.0 Å². The second-order valence-electron chi connectivity index (χ2n) is 9.76. The molecule has 3 aromatic rings. The largest absolute Gasteiger partial charge is 0.486 e. The number of pyridine rings is 2. The third-order valence-electron chi connectivity index (χ3n) is 5.96. The molecule has 37 heavy (non-hydrogen) atoms. The maximum Gasteiger partial charge on any atom is 0.277 e. The van der Waals surface area contributed by atoms with Gasteiger partial charge in [0.25, 0.3) is 5.56 Å². The fraction of sp³-hybridized carbons (Fsp3) is 0.333. The molecule has 4 rings (SSSR count). The summed E-state index contributed by atoms with van der Waals surface area (Å²) in [5.74, 6) is -1.57. The highest BCUT2D eigenvalue weighted by Gasteiger charge is 2.29. The van der Waals surface area contributed by atoms with Crippen molar-refractivity contribution in [3.63, 3.8) is 0 Å². The lowest BCUT2D eigenvalue weighted by Gasteiger charge is -2.26. The quantitative estimate of drug-likeness (QED) is 0.453. The number of aromatic nitrogens is 4. The molecule has 8 nitrogen and oxygen atoms in total. The minimum Gasteiger partial charge on any atom is -0.486 e. The van der Waals surface area contributed by atoms with Crippen molar-refractivity contribution in [3.05, 3.63) is 86.5 Å². The van der Waals surface area contributed by atoms with Gasteiger partial charge in [-0.25, -0.2) is 14.4 Å². The number of allylic oxidation sites excluding steroid dienone is 2. The van der Waals surface area contributed by atoms with Crippen molar-refractivity contribution in [1.82, 2.24) is 24.8 Å². The predicted octanol–water partition coefficient (Wildman–Crippen LogP) is 4.60. The van der Waals surface area contributed by atoms with Crippen LogP contribution in [0.5, 0.6) is 5.75 Å². The highest BCUT2D eigenvalue weighted by Crippen LogP contribution is 2.29. The van der Waals surface area contributed by atoms with E-state index in [1.54, 1.807) is 57.6 Å². The number of ether oxygens (including phenoxy) is 1. The molecule has 0 fully saturated rings. The van der Waals surface area contributed by atoms with E-state index >= 15 is 0 Å². The van der Waals surface area contributed by atoms with Crippen molar-refractivity contribution in [1.29, 1.82) is 0 Å². The number of aliphatic hydroxyl groups is 1. The van der Waals surface area contributed by atoms with Gasteiger partial charge < -0.3 is 15.2 Å². The van der Waals surface area contributed by atoms with Gasteiger partial charge in [-0.05, 0) is 70.4 Å². The van der Waals surface area contributed by atoms with Crippen LogP contribution in [0.15, 0.2) is 53.2 Å². The Labute approximate surface area is 219 Å². The number of nitrogens with one attached hydrogen (secondary N) is 1. The van der Waals surface area contributed by atoms with Crippen LogP contribution in [0.3, 0.4) is 0 Å². The van der Waals surface area contributed by atoms with Crippen molar-refractivity contribution in [2.24, 2.45) is 0 Å². The number of nitrogens with zero attached hydrogens (tertiary/aromatic N) is 4. The van der Waals surface area contributed by atoms with Crippen molar-refractivity contribution < 1.29 is 14.2 Å². The summed E-state index contributed by atoms with van der Waals surface area (Å²) in [6.45, 7) is 10.1. The Morgan fingerprint density at radius 2 is 1.86 bits per heavy atom. The molecular weight excluding hydrogens is 497 g/mol. The van der Waals surface area contributed by atoms with E-state index < -0.39 is 17.0 Å². The first-order chi connectivity index (χ1) is 17.3. The van der Waals surface area contributed by atoms with E-state index in [1.807, 2.05) is 20.8 Å². The first kappa shape index (κ1) is 26.5. The topological polar surface area (TPSA) is 102 Å². The number of hydrogen-bond donors (Lipinski definition) is 2. The molecule has 1 atom stereocenters. The summed E-state index contributed by atoms with van der Waals surface area (Å²) in [7, 11) is 0. The van der Waals surface area contributed by atoms with Crippen LogP contribution < -0.4 is 15.6 Å². The number of hydrogen-bond acceptors (Lipinski definition) is 7. The van der Waals surface area contributed by atoms with Gasteiger partial charge in [0.2, 0.25) is 5.79 Å². The van der Waals surface area contributed by atoms with Gasteiger partial charge >= 0.3 is 0 Å².